The molecule has 1 N–H and O–H groups in total. The predicted molar refractivity (Wildman–Crippen MR) is 106 cm³/mol. The number of hydrogen-bond donors (Lipinski definition) is 1. The van der Waals surface area contributed by atoms with Crippen LogP contribution in [0.5, 0.6) is 0 Å². The molecule has 2 atom stereocenters. The van der Waals surface area contributed by atoms with Gasteiger partial charge in [-0.3, -0.25) is 9.59 Å². The van der Waals surface area contributed by atoms with Gasteiger partial charge in [0, 0.05) is 23.5 Å². The number of anilines is 1. The molecule has 0 saturated carbocycles. The number of amides is 2. The van der Waals surface area contributed by atoms with Crippen LogP contribution < -0.4 is 10.2 Å². The monoisotopic (exact) mass is 370 g/mol. The van der Waals surface area contributed by atoms with Crippen LogP contribution in [0, 0.1) is 25.7 Å². The van der Waals surface area contributed by atoms with E-state index < -0.39 is 0 Å². The zero-order valence-electron chi connectivity index (χ0n) is 15.8. The maximum absolute atomic E-state index is 12.8. The van der Waals surface area contributed by atoms with E-state index >= 15 is 0 Å². The summed E-state index contributed by atoms with van der Waals surface area (Å²) in [6, 6.07) is 10.0. The molecular weight excluding hydrogens is 344 g/mol. The lowest BCUT2D eigenvalue weighted by atomic mass is 10.0. The Hall–Kier alpha value is -2.14. The Balaban J connectivity index is 1.73. The van der Waals surface area contributed by atoms with E-state index in [2.05, 4.69) is 25.2 Å². The maximum Gasteiger partial charge on any atom is 0.227 e. The molecule has 0 aliphatic carbocycles. The van der Waals surface area contributed by atoms with Crippen LogP contribution >= 0.6 is 11.3 Å². The summed E-state index contributed by atoms with van der Waals surface area (Å²) >= 11 is 1.65. The summed E-state index contributed by atoms with van der Waals surface area (Å²) in [6.07, 6.45) is 0.272. The largest absolute Gasteiger partial charge is 0.348 e. The van der Waals surface area contributed by atoms with Crippen molar-refractivity contribution < 1.29 is 9.59 Å². The lowest BCUT2D eigenvalue weighted by Gasteiger charge is -2.23. The molecule has 26 heavy (non-hydrogen) atoms. The summed E-state index contributed by atoms with van der Waals surface area (Å²) in [5.41, 5.74) is 3.17. The third-order valence-electron chi connectivity index (χ3n) is 5.18. The average Bonchev–Trinajstić information content (AvgIpc) is 3.24. The van der Waals surface area contributed by atoms with Gasteiger partial charge >= 0.3 is 0 Å². The third kappa shape index (κ3) is 3.68. The van der Waals surface area contributed by atoms with Crippen LogP contribution in [-0.2, 0) is 9.59 Å². The number of carbonyl (C=O) groups excluding carboxylic acids is 2. The molecule has 2 heterocycles. The molecule has 1 aliphatic rings. The van der Waals surface area contributed by atoms with Crippen molar-refractivity contribution in [3.05, 3.63) is 51.7 Å². The molecular formula is C21H26N2O2S. The molecule has 0 radical (unpaired) electrons. The molecule has 2 amide bonds. The van der Waals surface area contributed by atoms with Gasteiger partial charge in [-0.15, -0.1) is 11.3 Å². The van der Waals surface area contributed by atoms with Gasteiger partial charge in [0.2, 0.25) is 11.8 Å². The molecule has 0 bridgehead atoms. The summed E-state index contributed by atoms with van der Waals surface area (Å²) in [4.78, 5) is 28.3. The minimum Gasteiger partial charge on any atom is -0.348 e. The lowest BCUT2D eigenvalue weighted by Crippen LogP contribution is -2.37. The van der Waals surface area contributed by atoms with Gasteiger partial charge in [0.05, 0.1) is 12.0 Å². The predicted octanol–water partition coefficient (Wildman–Crippen LogP) is 4.23. The van der Waals surface area contributed by atoms with E-state index in [1.807, 2.05) is 43.5 Å². The molecule has 1 fully saturated rings. The van der Waals surface area contributed by atoms with Crippen molar-refractivity contribution in [2.75, 3.05) is 11.4 Å². The Morgan fingerprint density at radius 1 is 1.23 bits per heavy atom. The smallest absolute Gasteiger partial charge is 0.227 e. The van der Waals surface area contributed by atoms with Gasteiger partial charge in [0.15, 0.2) is 0 Å². The van der Waals surface area contributed by atoms with Crippen LogP contribution in [0.1, 0.15) is 42.3 Å². The maximum atomic E-state index is 12.8. The molecule has 1 saturated heterocycles. The van der Waals surface area contributed by atoms with E-state index in [0.29, 0.717) is 12.5 Å². The van der Waals surface area contributed by atoms with Gasteiger partial charge in [-0.25, -0.2) is 0 Å². The van der Waals surface area contributed by atoms with Gasteiger partial charge in [0.1, 0.15) is 0 Å². The molecule has 1 aromatic heterocycles. The van der Waals surface area contributed by atoms with E-state index in [-0.39, 0.29) is 30.2 Å². The van der Waals surface area contributed by atoms with Crippen LogP contribution in [0.25, 0.3) is 0 Å². The summed E-state index contributed by atoms with van der Waals surface area (Å²) < 4.78 is 0. The molecule has 5 heteroatoms. The zero-order chi connectivity index (χ0) is 18.8. The molecule has 4 nitrogen and oxygen atoms in total. The van der Waals surface area contributed by atoms with Crippen molar-refractivity contribution in [2.24, 2.45) is 11.8 Å². The first kappa shape index (κ1) is 18.6. The number of carbonyl (C=O) groups is 2. The summed E-state index contributed by atoms with van der Waals surface area (Å²) in [7, 11) is 0. The zero-order valence-corrected chi connectivity index (χ0v) is 16.6. The highest BCUT2D eigenvalue weighted by molar-refractivity contribution is 7.10. The highest BCUT2D eigenvalue weighted by atomic mass is 32.1. The van der Waals surface area contributed by atoms with Crippen LogP contribution in [0.3, 0.4) is 0 Å². The molecule has 0 unspecified atom stereocenters. The minimum atomic E-state index is -0.302. The lowest BCUT2D eigenvalue weighted by molar-refractivity contribution is -0.127. The first-order valence-corrected chi connectivity index (χ1v) is 9.96. The molecule has 1 aromatic carbocycles. The van der Waals surface area contributed by atoms with Crippen LogP contribution in [0.15, 0.2) is 35.7 Å². The molecule has 3 rings (SSSR count). The average molecular weight is 371 g/mol. The summed E-state index contributed by atoms with van der Waals surface area (Å²) in [5, 5.41) is 5.20. The van der Waals surface area contributed by atoms with Gasteiger partial charge in [-0.2, -0.15) is 0 Å². The standard InChI is InChI=1S/C21H26N2O2S/c1-13(2)20(18-9-6-10-26-18)22-21(25)16-11-19(24)23(12-16)17-8-5-7-14(3)15(17)4/h5-10,13,16,20H,11-12H2,1-4H3,(H,22,25)/t16-,20+/m0/s1. The quantitative estimate of drug-likeness (QED) is 0.856. The van der Waals surface area contributed by atoms with Crippen molar-refractivity contribution in [3.63, 3.8) is 0 Å². The number of rotatable bonds is 5. The fourth-order valence-corrected chi connectivity index (χ4v) is 4.40. The molecule has 1 aliphatic heterocycles. The van der Waals surface area contributed by atoms with Gasteiger partial charge in [-0.1, -0.05) is 32.0 Å². The third-order valence-corrected chi connectivity index (χ3v) is 6.13. The topological polar surface area (TPSA) is 49.4 Å². The molecule has 138 valence electrons. The highest BCUT2D eigenvalue weighted by Gasteiger charge is 2.36. The van der Waals surface area contributed by atoms with Crippen molar-refractivity contribution in [1.29, 1.82) is 0 Å². The normalized spacial score (nSPS) is 18.4. The van der Waals surface area contributed by atoms with Gasteiger partial charge < -0.3 is 10.2 Å². The molecule has 2 aromatic rings. The van der Waals surface area contributed by atoms with Crippen molar-refractivity contribution >= 4 is 28.8 Å². The number of thiophene rings is 1. The van der Waals surface area contributed by atoms with E-state index in [0.717, 1.165) is 21.7 Å². The second-order valence-electron chi connectivity index (χ2n) is 7.37. The Kier molecular flexibility index (Phi) is 5.47. The van der Waals surface area contributed by atoms with Crippen LogP contribution in [0.2, 0.25) is 0 Å². The number of nitrogens with one attached hydrogen (secondary N) is 1. The van der Waals surface area contributed by atoms with Crippen LogP contribution in [-0.4, -0.2) is 18.4 Å². The minimum absolute atomic E-state index is 0.00708. The summed E-state index contributed by atoms with van der Waals surface area (Å²) in [5.74, 6) is -0.0113. The van der Waals surface area contributed by atoms with E-state index in [4.69, 9.17) is 0 Å². The van der Waals surface area contributed by atoms with Crippen molar-refractivity contribution in [3.8, 4) is 0 Å². The fraction of sp³-hybridized carbons (Fsp3) is 0.429. The Labute approximate surface area is 159 Å². The van der Waals surface area contributed by atoms with Gasteiger partial charge in [0.25, 0.3) is 0 Å². The second kappa shape index (κ2) is 7.62. The van der Waals surface area contributed by atoms with Crippen molar-refractivity contribution in [1.82, 2.24) is 5.32 Å². The first-order valence-electron chi connectivity index (χ1n) is 9.08. The number of aryl methyl sites for hydroxylation is 1. The second-order valence-corrected chi connectivity index (χ2v) is 8.35. The highest BCUT2D eigenvalue weighted by Crippen LogP contribution is 2.31. The number of hydrogen-bond acceptors (Lipinski definition) is 3. The Morgan fingerprint density at radius 2 is 2.00 bits per heavy atom. The number of nitrogens with zero attached hydrogens (tertiary/aromatic N) is 1. The van der Waals surface area contributed by atoms with Crippen molar-refractivity contribution in [2.45, 2.75) is 40.2 Å². The Bertz CT molecular complexity index is 798. The first-order chi connectivity index (χ1) is 12.4. The van der Waals surface area contributed by atoms with Crippen LogP contribution in [0.4, 0.5) is 5.69 Å². The molecule has 0 spiro atoms. The van der Waals surface area contributed by atoms with E-state index in [1.165, 1.54) is 0 Å². The van der Waals surface area contributed by atoms with Gasteiger partial charge in [-0.05, 0) is 48.4 Å². The van der Waals surface area contributed by atoms with E-state index in [1.54, 1.807) is 16.2 Å². The number of benzene rings is 1. The summed E-state index contributed by atoms with van der Waals surface area (Å²) in [6.45, 7) is 8.72. The fourth-order valence-electron chi connectivity index (χ4n) is 3.45. The Morgan fingerprint density at radius 3 is 2.65 bits per heavy atom. The SMILES string of the molecule is Cc1cccc(N2C[C@@H](C(=O)N[C@@H](c3cccs3)C(C)C)CC2=O)c1C. The van der Waals surface area contributed by atoms with E-state index in [9.17, 15) is 9.59 Å².